The number of rotatable bonds is 11. The Morgan fingerprint density at radius 2 is 1.60 bits per heavy atom. The van der Waals surface area contributed by atoms with Crippen LogP contribution in [0.25, 0.3) is 16.7 Å². The summed E-state index contributed by atoms with van der Waals surface area (Å²) in [5, 5.41) is 16.6. The fourth-order valence-corrected chi connectivity index (χ4v) is 5.51. The van der Waals surface area contributed by atoms with Gasteiger partial charge in [-0.2, -0.15) is 0 Å². The minimum absolute atomic E-state index is 0.0463. The van der Waals surface area contributed by atoms with Gasteiger partial charge < -0.3 is 15.4 Å². The summed E-state index contributed by atoms with van der Waals surface area (Å²) in [6.45, 7) is 3.98. The van der Waals surface area contributed by atoms with Crippen LogP contribution >= 0.6 is 0 Å². The van der Waals surface area contributed by atoms with Crippen LogP contribution in [0.4, 0.5) is 5.82 Å². The molecule has 3 aromatic carbocycles. The van der Waals surface area contributed by atoms with Crippen LogP contribution in [-0.4, -0.2) is 57.9 Å². The number of hydrogen-bond acceptors (Lipinski definition) is 6. The van der Waals surface area contributed by atoms with Gasteiger partial charge in [-0.3, -0.25) is 14.3 Å². The third-order valence-corrected chi connectivity index (χ3v) is 7.67. The Hall–Kier alpha value is -4.69. The van der Waals surface area contributed by atoms with Gasteiger partial charge in [-0.1, -0.05) is 66.7 Å². The van der Waals surface area contributed by atoms with Crippen molar-refractivity contribution in [3.63, 3.8) is 0 Å². The summed E-state index contributed by atoms with van der Waals surface area (Å²) in [5.41, 5.74) is 3.30. The maximum atomic E-state index is 12.7. The minimum Gasteiger partial charge on any atom is -0.492 e. The van der Waals surface area contributed by atoms with Crippen LogP contribution in [0.5, 0.6) is 5.75 Å². The summed E-state index contributed by atoms with van der Waals surface area (Å²) in [5.74, 6) is 2.25. The van der Waals surface area contributed by atoms with E-state index in [-0.39, 0.29) is 12.3 Å². The van der Waals surface area contributed by atoms with E-state index in [9.17, 15) is 4.79 Å². The summed E-state index contributed by atoms with van der Waals surface area (Å²) in [7, 11) is 0. The molecular formula is C34H36N6O2. The first-order chi connectivity index (χ1) is 20.7. The Labute approximate surface area is 246 Å². The highest BCUT2D eigenvalue weighted by Crippen LogP contribution is 2.25. The lowest BCUT2D eigenvalue weighted by Gasteiger charge is -2.32. The molecule has 8 heteroatoms. The molecule has 5 aromatic rings. The lowest BCUT2D eigenvalue weighted by atomic mass is 10.0. The fraction of sp³-hybridized carbons (Fsp3) is 0.265. The molecule has 0 radical (unpaired) electrons. The van der Waals surface area contributed by atoms with Crippen molar-refractivity contribution in [3.8, 4) is 11.6 Å². The highest BCUT2D eigenvalue weighted by molar-refractivity contribution is 5.90. The first kappa shape index (κ1) is 27.5. The Morgan fingerprint density at radius 3 is 2.36 bits per heavy atom. The van der Waals surface area contributed by atoms with Gasteiger partial charge in [0.05, 0.1) is 18.5 Å². The van der Waals surface area contributed by atoms with Gasteiger partial charge in [0, 0.05) is 37.3 Å². The first-order valence-electron chi connectivity index (χ1n) is 14.6. The van der Waals surface area contributed by atoms with Crippen LogP contribution in [0.1, 0.15) is 24.0 Å². The first-order valence-corrected chi connectivity index (χ1v) is 14.6. The second-order valence-electron chi connectivity index (χ2n) is 10.7. The number of likely N-dealkylation sites (tertiary alicyclic amines) is 1. The molecule has 214 valence electrons. The van der Waals surface area contributed by atoms with Gasteiger partial charge in [-0.05, 0) is 54.3 Å². The van der Waals surface area contributed by atoms with Crippen LogP contribution < -0.4 is 15.4 Å². The van der Waals surface area contributed by atoms with Crippen molar-refractivity contribution in [3.05, 3.63) is 114 Å². The maximum Gasteiger partial charge on any atom is 0.224 e. The maximum absolute atomic E-state index is 12.7. The van der Waals surface area contributed by atoms with Crippen LogP contribution in [0.15, 0.2) is 103 Å². The number of para-hydroxylation sites is 2. The molecule has 6 rings (SSSR count). The molecular weight excluding hydrogens is 524 g/mol. The zero-order chi connectivity index (χ0) is 28.6. The minimum atomic E-state index is -0.0463. The standard InChI is InChI=1S/C34H36N6O2/c41-34(35-19-22-42-29-11-5-2-6-12-29)23-27-25-40(31-14-8-7-13-30(27)31)33-16-15-32(37-38-33)36-28-17-20-39(21-18-28)24-26-9-3-1-4-10-26/h1-16,25,28H,17-24H2,(H,35,41)(H,36,37). The topological polar surface area (TPSA) is 84.3 Å². The van der Waals surface area contributed by atoms with E-state index in [1.807, 2.05) is 77.5 Å². The van der Waals surface area contributed by atoms with Crippen molar-refractivity contribution in [2.75, 3.05) is 31.6 Å². The lowest BCUT2D eigenvalue weighted by Crippen LogP contribution is -2.38. The van der Waals surface area contributed by atoms with E-state index >= 15 is 0 Å². The van der Waals surface area contributed by atoms with Crippen molar-refractivity contribution in [2.45, 2.75) is 31.8 Å². The van der Waals surface area contributed by atoms with Gasteiger partial charge in [0.1, 0.15) is 18.2 Å². The number of piperidine rings is 1. The Kier molecular flexibility index (Phi) is 8.71. The average molecular weight is 561 g/mol. The van der Waals surface area contributed by atoms with Crippen LogP contribution in [0.2, 0.25) is 0 Å². The number of fused-ring (bicyclic) bond motifs is 1. The summed E-state index contributed by atoms with van der Waals surface area (Å²) in [6, 6.07) is 32.7. The van der Waals surface area contributed by atoms with E-state index in [2.05, 4.69) is 56.1 Å². The van der Waals surface area contributed by atoms with Gasteiger partial charge in [-0.25, -0.2) is 0 Å². The number of aromatic nitrogens is 3. The van der Waals surface area contributed by atoms with E-state index in [0.29, 0.717) is 19.2 Å². The number of nitrogens with one attached hydrogen (secondary N) is 2. The number of amides is 1. The van der Waals surface area contributed by atoms with Crippen LogP contribution in [0, 0.1) is 0 Å². The van der Waals surface area contributed by atoms with Gasteiger partial charge in [-0.15, -0.1) is 10.2 Å². The smallest absolute Gasteiger partial charge is 0.224 e. The van der Waals surface area contributed by atoms with Gasteiger partial charge in [0.2, 0.25) is 5.91 Å². The van der Waals surface area contributed by atoms with Gasteiger partial charge in [0.15, 0.2) is 5.82 Å². The number of nitrogens with zero attached hydrogens (tertiary/aromatic N) is 4. The zero-order valence-electron chi connectivity index (χ0n) is 23.7. The highest BCUT2D eigenvalue weighted by atomic mass is 16.5. The third-order valence-electron chi connectivity index (χ3n) is 7.67. The molecule has 0 atom stereocenters. The van der Waals surface area contributed by atoms with Crippen molar-refractivity contribution in [1.82, 2.24) is 25.0 Å². The van der Waals surface area contributed by atoms with E-state index in [0.717, 1.165) is 66.3 Å². The molecule has 8 nitrogen and oxygen atoms in total. The normalized spacial score (nSPS) is 14.1. The number of anilines is 1. The molecule has 0 bridgehead atoms. The Balaban J connectivity index is 1.04. The second kappa shape index (κ2) is 13.3. The molecule has 0 aliphatic carbocycles. The molecule has 42 heavy (non-hydrogen) atoms. The highest BCUT2D eigenvalue weighted by Gasteiger charge is 2.20. The van der Waals surface area contributed by atoms with E-state index in [1.54, 1.807) is 0 Å². The Bertz CT molecular complexity index is 1580. The van der Waals surface area contributed by atoms with Crippen molar-refractivity contribution >= 4 is 22.6 Å². The SMILES string of the molecule is O=C(Cc1cn(-c2ccc(NC3CCN(Cc4ccccc4)CC3)nn2)c2ccccc12)NCCOc1ccccc1. The molecule has 3 heterocycles. The van der Waals surface area contributed by atoms with E-state index in [1.165, 1.54) is 5.56 Å². The van der Waals surface area contributed by atoms with Gasteiger partial charge in [0.25, 0.3) is 0 Å². The molecule has 1 aliphatic heterocycles. The van der Waals surface area contributed by atoms with Crippen LogP contribution in [0.3, 0.4) is 0 Å². The van der Waals surface area contributed by atoms with Crippen molar-refractivity contribution in [2.24, 2.45) is 0 Å². The number of benzene rings is 3. The average Bonchev–Trinajstić information content (AvgIpc) is 3.40. The molecule has 1 aliphatic rings. The second-order valence-corrected chi connectivity index (χ2v) is 10.7. The predicted octanol–water partition coefficient (Wildman–Crippen LogP) is 5.23. The lowest BCUT2D eigenvalue weighted by molar-refractivity contribution is -0.120. The van der Waals surface area contributed by atoms with Gasteiger partial charge >= 0.3 is 0 Å². The van der Waals surface area contributed by atoms with E-state index in [4.69, 9.17) is 4.74 Å². The van der Waals surface area contributed by atoms with Crippen LogP contribution in [-0.2, 0) is 17.8 Å². The molecule has 0 saturated carbocycles. The molecule has 1 amide bonds. The molecule has 1 fully saturated rings. The fourth-order valence-electron chi connectivity index (χ4n) is 5.51. The molecule has 2 aromatic heterocycles. The number of ether oxygens (including phenoxy) is 1. The molecule has 0 spiro atoms. The Morgan fingerprint density at radius 1 is 0.857 bits per heavy atom. The quantitative estimate of drug-likeness (QED) is 0.215. The molecule has 1 saturated heterocycles. The van der Waals surface area contributed by atoms with Crippen molar-refractivity contribution < 1.29 is 9.53 Å². The largest absolute Gasteiger partial charge is 0.492 e. The predicted molar refractivity (Wildman–Crippen MR) is 166 cm³/mol. The number of hydrogen-bond donors (Lipinski definition) is 2. The molecule has 2 N–H and O–H groups in total. The van der Waals surface area contributed by atoms with E-state index < -0.39 is 0 Å². The zero-order valence-corrected chi connectivity index (χ0v) is 23.7. The monoisotopic (exact) mass is 560 g/mol. The number of carbonyl (C=O) groups is 1. The summed E-state index contributed by atoms with van der Waals surface area (Å²) in [6.07, 6.45) is 4.41. The third kappa shape index (κ3) is 6.95. The summed E-state index contributed by atoms with van der Waals surface area (Å²) < 4.78 is 7.69. The summed E-state index contributed by atoms with van der Waals surface area (Å²) >= 11 is 0. The van der Waals surface area contributed by atoms with Crippen molar-refractivity contribution in [1.29, 1.82) is 0 Å². The summed E-state index contributed by atoms with van der Waals surface area (Å²) in [4.78, 5) is 15.3. The molecule has 0 unspecified atom stereocenters. The number of carbonyl (C=O) groups excluding carboxylic acids is 1.